The monoisotopic (exact) mass is 283 g/mol. The Hall–Kier alpha value is -0.870. The minimum absolute atomic E-state index is 0.360. The molecule has 2 heterocycles. The molecule has 1 aliphatic rings. The molecule has 0 aliphatic carbocycles. The summed E-state index contributed by atoms with van der Waals surface area (Å²) in [4.78, 5) is 11.2. The molecule has 4 nitrogen and oxygen atoms in total. The Bertz CT molecular complexity index is 427. The second kappa shape index (κ2) is 6.53. The van der Waals surface area contributed by atoms with Crippen molar-refractivity contribution in [3.8, 4) is 0 Å². The predicted molar refractivity (Wildman–Crippen MR) is 77.9 cm³/mol. The molecule has 0 amide bonds. The lowest BCUT2D eigenvalue weighted by Crippen LogP contribution is -2.43. The molecule has 5 heteroatoms. The molecular formula is C14H22ClN3O. The summed E-state index contributed by atoms with van der Waals surface area (Å²) in [5.74, 6) is 1.79. The molecule has 0 N–H and O–H groups in total. The Kier molecular flexibility index (Phi) is 4.99. The quantitative estimate of drug-likeness (QED) is 0.796. The maximum absolute atomic E-state index is 6.11. The molecule has 106 valence electrons. The van der Waals surface area contributed by atoms with Crippen molar-refractivity contribution in [3.05, 3.63) is 17.0 Å². The Morgan fingerprint density at radius 3 is 2.89 bits per heavy atom. The molecule has 0 spiro atoms. The average Bonchev–Trinajstić information content (AvgIpc) is 2.38. The van der Waals surface area contributed by atoms with Crippen LogP contribution in [0, 0.1) is 0 Å². The topological polar surface area (TPSA) is 38.2 Å². The number of hydrogen-bond donors (Lipinski definition) is 0. The summed E-state index contributed by atoms with van der Waals surface area (Å²) < 4.78 is 5.45. The van der Waals surface area contributed by atoms with Crippen LogP contribution >= 0.6 is 11.6 Å². The zero-order chi connectivity index (χ0) is 13.8. The standard InChI is InChI=1S/C14H22ClN3O/c1-4-5-13-16-12(15)9-14(17-13)18-7-6-11(19-3)8-10(18)2/h9-11H,4-8H2,1-3H3. The fourth-order valence-corrected chi connectivity index (χ4v) is 2.81. The van der Waals surface area contributed by atoms with Crippen LogP contribution in [0.25, 0.3) is 0 Å². The Balaban J connectivity index is 2.17. The average molecular weight is 284 g/mol. The highest BCUT2D eigenvalue weighted by atomic mass is 35.5. The summed E-state index contributed by atoms with van der Waals surface area (Å²) in [5, 5.41) is 0.537. The molecule has 2 atom stereocenters. The third-order valence-electron chi connectivity index (χ3n) is 3.66. The van der Waals surface area contributed by atoms with Gasteiger partial charge in [-0.3, -0.25) is 0 Å². The summed E-state index contributed by atoms with van der Waals surface area (Å²) in [6.07, 6.45) is 4.32. The molecule has 1 aliphatic heterocycles. The minimum Gasteiger partial charge on any atom is -0.381 e. The molecular weight excluding hydrogens is 262 g/mol. The van der Waals surface area contributed by atoms with Crippen LogP contribution in [-0.4, -0.2) is 35.8 Å². The molecule has 2 rings (SSSR count). The SMILES string of the molecule is CCCc1nc(Cl)cc(N2CCC(OC)CC2C)n1. The maximum Gasteiger partial charge on any atom is 0.134 e. The summed E-state index contributed by atoms with van der Waals surface area (Å²) in [6.45, 7) is 5.29. The van der Waals surface area contributed by atoms with Gasteiger partial charge in [-0.25, -0.2) is 9.97 Å². The lowest BCUT2D eigenvalue weighted by Gasteiger charge is -2.38. The van der Waals surface area contributed by atoms with Crippen LogP contribution in [0.3, 0.4) is 0 Å². The number of hydrogen-bond acceptors (Lipinski definition) is 4. The van der Waals surface area contributed by atoms with Gasteiger partial charge in [0.15, 0.2) is 0 Å². The van der Waals surface area contributed by atoms with Gasteiger partial charge in [0.1, 0.15) is 16.8 Å². The summed E-state index contributed by atoms with van der Waals surface area (Å²) in [5.41, 5.74) is 0. The van der Waals surface area contributed by atoms with Crippen LogP contribution in [0.4, 0.5) is 5.82 Å². The van der Waals surface area contributed by atoms with E-state index in [1.54, 1.807) is 7.11 Å². The first-order chi connectivity index (χ1) is 9.13. The van der Waals surface area contributed by atoms with Gasteiger partial charge in [-0.15, -0.1) is 0 Å². The highest BCUT2D eigenvalue weighted by Crippen LogP contribution is 2.26. The van der Waals surface area contributed by atoms with Crippen LogP contribution in [-0.2, 0) is 11.2 Å². The molecule has 1 aromatic rings. The number of piperidine rings is 1. The van der Waals surface area contributed by atoms with E-state index in [1.165, 1.54) is 0 Å². The molecule has 1 fully saturated rings. The van der Waals surface area contributed by atoms with Gasteiger partial charge in [0.05, 0.1) is 6.10 Å². The molecule has 1 saturated heterocycles. The first kappa shape index (κ1) is 14.5. The van der Waals surface area contributed by atoms with E-state index in [9.17, 15) is 0 Å². The Morgan fingerprint density at radius 1 is 1.47 bits per heavy atom. The van der Waals surface area contributed by atoms with Crippen molar-refractivity contribution < 1.29 is 4.74 Å². The molecule has 19 heavy (non-hydrogen) atoms. The van der Waals surface area contributed by atoms with Crippen molar-refractivity contribution in [3.63, 3.8) is 0 Å². The van der Waals surface area contributed by atoms with Crippen LogP contribution in [0.1, 0.15) is 38.9 Å². The van der Waals surface area contributed by atoms with Gasteiger partial charge in [0.2, 0.25) is 0 Å². The van der Waals surface area contributed by atoms with E-state index in [0.717, 1.165) is 43.9 Å². The lowest BCUT2D eigenvalue weighted by molar-refractivity contribution is 0.0719. The smallest absolute Gasteiger partial charge is 0.134 e. The zero-order valence-electron chi connectivity index (χ0n) is 11.9. The second-order valence-corrected chi connectivity index (χ2v) is 5.53. The third kappa shape index (κ3) is 3.57. The maximum atomic E-state index is 6.11. The minimum atomic E-state index is 0.360. The van der Waals surface area contributed by atoms with E-state index in [4.69, 9.17) is 16.3 Å². The van der Waals surface area contributed by atoms with Crippen molar-refractivity contribution >= 4 is 17.4 Å². The number of ether oxygens (including phenoxy) is 1. The van der Waals surface area contributed by atoms with Crippen molar-refractivity contribution in [1.82, 2.24) is 9.97 Å². The van der Waals surface area contributed by atoms with E-state index >= 15 is 0 Å². The first-order valence-corrected chi connectivity index (χ1v) is 7.34. The van der Waals surface area contributed by atoms with E-state index in [-0.39, 0.29) is 0 Å². The Morgan fingerprint density at radius 2 is 2.26 bits per heavy atom. The van der Waals surface area contributed by atoms with E-state index in [0.29, 0.717) is 17.3 Å². The summed E-state index contributed by atoms with van der Waals surface area (Å²) in [7, 11) is 1.79. The van der Waals surface area contributed by atoms with Crippen LogP contribution < -0.4 is 4.90 Å². The van der Waals surface area contributed by atoms with Crippen LogP contribution in [0.5, 0.6) is 0 Å². The van der Waals surface area contributed by atoms with Crippen molar-refractivity contribution in [2.24, 2.45) is 0 Å². The summed E-state index contributed by atoms with van der Waals surface area (Å²) >= 11 is 6.11. The van der Waals surface area contributed by atoms with Crippen LogP contribution in [0.15, 0.2) is 6.07 Å². The van der Waals surface area contributed by atoms with Crippen LogP contribution in [0.2, 0.25) is 5.15 Å². The molecule has 0 radical (unpaired) electrons. The number of nitrogens with zero attached hydrogens (tertiary/aromatic N) is 3. The van der Waals surface area contributed by atoms with Gasteiger partial charge in [-0.05, 0) is 26.2 Å². The zero-order valence-corrected chi connectivity index (χ0v) is 12.7. The lowest BCUT2D eigenvalue weighted by atomic mass is 10.0. The van der Waals surface area contributed by atoms with Gasteiger partial charge in [0.25, 0.3) is 0 Å². The van der Waals surface area contributed by atoms with Gasteiger partial charge in [-0.2, -0.15) is 0 Å². The van der Waals surface area contributed by atoms with Crippen molar-refractivity contribution in [2.75, 3.05) is 18.6 Å². The number of aromatic nitrogens is 2. The first-order valence-electron chi connectivity index (χ1n) is 6.97. The molecule has 0 aromatic carbocycles. The van der Waals surface area contributed by atoms with Gasteiger partial charge in [-0.1, -0.05) is 18.5 Å². The fraction of sp³-hybridized carbons (Fsp3) is 0.714. The van der Waals surface area contributed by atoms with Gasteiger partial charge >= 0.3 is 0 Å². The van der Waals surface area contributed by atoms with Crippen molar-refractivity contribution in [2.45, 2.75) is 51.7 Å². The largest absolute Gasteiger partial charge is 0.381 e. The van der Waals surface area contributed by atoms with E-state index < -0.39 is 0 Å². The van der Waals surface area contributed by atoms with Crippen molar-refractivity contribution in [1.29, 1.82) is 0 Å². The van der Waals surface area contributed by atoms with E-state index in [1.807, 2.05) is 6.07 Å². The molecule has 1 aromatic heterocycles. The number of halogens is 1. The fourth-order valence-electron chi connectivity index (χ4n) is 2.62. The number of methoxy groups -OCH3 is 1. The highest BCUT2D eigenvalue weighted by Gasteiger charge is 2.26. The van der Waals surface area contributed by atoms with Gasteiger partial charge < -0.3 is 9.64 Å². The third-order valence-corrected chi connectivity index (χ3v) is 3.85. The summed E-state index contributed by atoms with van der Waals surface area (Å²) in [6, 6.07) is 2.28. The number of aryl methyl sites for hydroxylation is 1. The predicted octanol–water partition coefficient (Wildman–Crippen LogP) is 3.09. The van der Waals surface area contributed by atoms with E-state index in [2.05, 4.69) is 28.7 Å². The number of rotatable bonds is 4. The molecule has 0 saturated carbocycles. The number of anilines is 1. The Labute approximate surface area is 120 Å². The molecule has 0 bridgehead atoms. The van der Waals surface area contributed by atoms with Gasteiger partial charge in [0, 0.05) is 32.2 Å². The second-order valence-electron chi connectivity index (χ2n) is 5.14. The molecule has 2 unspecified atom stereocenters. The highest BCUT2D eigenvalue weighted by molar-refractivity contribution is 6.29. The normalized spacial score (nSPS) is 23.7.